The zero-order valence-electron chi connectivity index (χ0n) is 24.1. The van der Waals surface area contributed by atoms with Gasteiger partial charge >= 0.3 is 0 Å². The average molecular weight is 594 g/mol. The van der Waals surface area contributed by atoms with Gasteiger partial charge in [-0.05, 0) is 94.2 Å². The van der Waals surface area contributed by atoms with Gasteiger partial charge in [0.1, 0.15) is 5.78 Å². The smallest absolute Gasteiger partial charge is 0.214 e. The predicted octanol–water partition coefficient (Wildman–Crippen LogP) is 4.88. The predicted molar refractivity (Wildman–Crippen MR) is 160 cm³/mol. The van der Waals surface area contributed by atoms with Gasteiger partial charge in [-0.25, -0.2) is 8.42 Å². The van der Waals surface area contributed by atoms with E-state index in [1.165, 1.54) is 0 Å². The van der Waals surface area contributed by atoms with Crippen molar-refractivity contribution in [2.24, 2.45) is 23.5 Å². The van der Waals surface area contributed by atoms with E-state index in [9.17, 15) is 13.2 Å². The first-order chi connectivity index (χ1) is 19.1. The topological polar surface area (TPSA) is 102 Å². The lowest BCUT2D eigenvalue weighted by molar-refractivity contribution is -0.123. The van der Waals surface area contributed by atoms with Crippen molar-refractivity contribution in [3.05, 3.63) is 34.9 Å². The summed E-state index contributed by atoms with van der Waals surface area (Å²) < 4.78 is 33.6. The number of sulfonamides is 1. The second-order valence-electron chi connectivity index (χ2n) is 13.1. The Balaban J connectivity index is 1.24. The molecular formula is C31H48ClN3O4S. The Morgan fingerprint density at radius 2 is 1.77 bits per heavy atom. The van der Waals surface area contributed by atoms with Gasteiger partial charge < -0.3 is 15.8 Å². The van der Waals surface area contributed by atoms with Crippen LogP contribution in [0.3, 0.4) is 0 Å². The minimum atomic E-state index is -3.18. The molecule has 3 heterocycles. The summed E-state index contributed by atoms with van der Waals surface area (Å²) in [6, 6.07) is 7.59. The highest BCUT2D eigenvalue weighted by molar-refractivity contribution is 7.89. The first-order valence-electron chi connectivity index (χ1n) is 15.5. The van der Waals surface area contributed by atoms with Gasteiger partial charge in [-0.2, -0.15) is 4.31 Å². The summed E-state index contributed by atoms with van der Waals surface area (Å²) in [5.74, 6) is 1.40. The molecular weight excluding hydrogens is 546 g/mol. The maximum atomic E-state index is 13.8. The molecule has 40 heavy (non-hydrogen) atoms. The van der Waals surface area contributed by atoms with Gasteiger partial charge in [0.15, 0.2) is 0 Å². The van der Waals surface area contributed by atoms with Crippen LogP contribution in [-0.4, -0.2) is 67.7 Å². The molecule has 0 amide bonds. The molecule has 2 bridgehead atoms. The summed E-state index contributed by atoms with van der Waals surface area (Å²) in [6.07, 6.45) is 9.34. The minimum absolute atomic E-state index is 0.0188. The zero-order chi connectivity index (χ0) is 28.4. The van der Waals surface area contributed by atoms with E-state index in [1.807, 2.05) is 24.3 Å². The van der Waals surface area contributed by atoms with Crippen LogP contribution < -0.4 is 11.1 Å². The number of fused-ring (bicyclic) bond motifs is 2. The van der Waals surface area contributed by atoms with E-state index in [-0.39, 0.29) is 47.7 Å². The number of nitrogens with one attached hydrogen (secondary N) is 1. The maximum Gasteiger partial charge on any atom is 0.214 e. The van der Waals surface area contributed by atoms with Crippen LogP contribution in [0.1, 0.15) is 89.5 Å². The number of ether oxygens (including phenoxy) is 1. The molecule has 4 fully saturated rings. The highest BCUT2D eigenvalue weighted by Crippen LogP contribution is 2.42. The van der Waals surface area contributed by atoms with Crippen LogP contribution in [0.4, 0.5) is 0 Å². The average Bonchev–Trinajstić information content (AvgIpc) is 3.30. The molecule has 1 aromatic rings. The third-order valence-corrected chi connectivity index (χ3v) is 12.4. The number of benzene rings is 1. The third-order valence-electron chi connectivity index (χ3n) is 10.2. The van der Waals surface area contributed by atoms with Crippen molar-refractivity contribution in [2.45, 2.75) is 114 Å². The first-order valence-corrected chi connectivity index (χ1v) is 17.5. The number of carbonyl (C=O) groups is 1. The van der Waals surface area contributed by atoms with E-state index in [0.717, 1.165) is 69.9 Å². The van der Waals surface area contributed by atoms with Crippen molar-refractivity contribution in [1.82, 2.24) is 9.62 Å². The molecule has 9 heteroatoms. The normalized spacial score (nSPS) is 37.4. The summed E-state index contributed by atoms with van der Waals surface area (Å²) in [5, 5.41) is 4.27. The van der Waals surface area contributed by atoms with E-state index in [1.54, 1.807) is 4.31 Å². The number of piperazine rings is 1. The number of rotatable bonds is 9. The van der Waals surface area contributed by atoms with E-state index in [0.29, 0.717) is 29.8 Å². The molecule has 10 atom stereocenters. The van der Waals surface area contributed by atoms with Crippen LogP contribution in [0.5, 0.6) is 0 Å². The van der Waals surface area contributed by atoms with Gasteiger partial charge in [0.25, 0.3) is 0 Å². The lowest BCUT2D eigenvalue weighted by Crippen LogP contribution is -2.57. The van der Waals surface area contributed by atoms with E-state index >= 15 is 0 Å². The van der Waals surface area contributed by atoms with Crippen LogP contribution in [0.15, 0.2) is 24.3 Å². The van der Waals surface area contributed by atoms with Crippen LogP contribution in [-0.2, 0) is 19.6 Å². The van der Waals surface area contributed by atoms with Gasteiger partial charge in [0, 0.05) is 42.5 Å². The Morgan fingerprint density at radius 3 is 2.50 bits per heavy atom. The van der Waals surface area contributed by atoms with Crippen LogP contribution >= 0.6 is 11.6 Å². The molecule has 1 aliphatic carbocycles. The van der Waals surface area contributed by atoms with Gasteiger partial charge in [-0.3, -0.25) is 4.79 Å². The first kappa shape index (κ1) is 30.4. The molecule has 0 radical (unpaired) electrons. The standard InChI is InChI=1S/C31H48ClN3O4S/c1-20-15-25(16-21(2)39-20)30(23-8-11-26(32)12-9-23)31(33)29(36)17-24-6-3-5-22(24)10-13-28-18-34-27-7-4-14-40(37,38)35(28)19-27/h8-9,11-12,20-22,24-25,27-28,30-31,34H,3-7,10,13-19,33H2,1-2H3/t20-,21+,22-,24-,25?,27-,28+,30+,31-/m1/s1. The highest BCUT2D eigenvalue weighted by atomic mass is 35.5. The second-order valence-corrected chi connectivity index (χ2v) is 15.6. The third kappa shape index (κ3) is 7.12. The molecule has 4 aliphatic rings. The lowest BCUT2D eigenvalue weighted by atomic mass is 9.72. The van der Waals surface area contributed by atoms with E-state index < -0.39 is 16.1 Å². The molecule has 3 aliphatic heterocycles. The van der Waals surface area contributed by atoms with E-state index in [2.05, 4.69) is 19.2 Å². The second kappa shape index (κ2) is 13.1. The van der Waals surface area contributed by atoms with Crippen LogP contribution in [0.2, 0.25) is 5.02 Å². The molecule has 1 saturated carbocycles. The monoisotopic (exact) mass is 593 g/mol. The molecule has 3 saturated heterocycles. The van der Waals surface area contributed by atoms with Gasteiger partial charge in [0.2, 0.25) is 10.0 Å². The number of halogens is 1. The van der Waals surface area contributed by atoms with Crippen molar-refractivity contribution in [1.29, 1.82) is 0 Å². The van der Waals surface area contributed by atoms with E-state index in [4.69, 9.17) is 22.1 Å². The summed E-state index contributed by atoms with van der Waals surface area (Å²) in [7, 11) is -3.18. The highest BCUT2D eigenvalue weighted by Gasteiger charge is 2.41. The quantitative estimate of drug-likeness (QED) is 0.423. The number of Topliss-reactive ketones (excluding diaryl/α,β-unsaturated/α-hetero) is 1. The largest absolute Gasteiger partial charge is 0.376 e. The van der Waals surface area contributed by atoms with Gasteiger partial charge in [-0.15, -0.1) is 0 Å². The molecule has 2 unspecified atom stereocenters. The van der Waals surface area contributed by atoms with Crippen molar-refractivity contribution >= 4 is 27.4 Å². The molecule has 7 nitrogen and oxygen atoms in total. The fourth-order valence-electron chi connectivity index (χ4n) is 8.22. The number of hydrogen-bond donors (Lipinski definition) is 2. The molecule has 5 rings (SSSR count). The number of carbonyl (C=O) groups excluding carboxylic acids is 1. The molecule has 3 N–H and O–H groups in total. The Hall–Kier alpha value is -1.03. The summed E-state index contributed by atoms with van der Waals surface area (Å²) in [4.78, 5) is 13.8. The van der Waals surface area contributed by atoms with Crippen molar-refractivity contribution < 1.29 is 17.9 Å². The fourth-order valence-corrected chi connectivity index (χ4v) is 10.1. The fraction of sp³-hybridized carbons (Fsp3) is 0.774. The zero-order valence-corrected chi connectivity index (χ0v) is 25.7. The van der Waals surface area contributed by atoms with Crippen LogP contribution in [0.25, 0.3) is 0 Å². The van der Waals surface area contributed by atoms with Gasteiger partial charge in [0.05, 0.1) is 24.0 Å². The number of nitrogens with two attached hydrogens (primary N) is 1. The Kier molecular flexibility index (Phi) is 9.96. The minimum Gasteiger partial charge on any atom is -0.376 e. The Morgan fingerprint density at radius 1 is 1.07 bits per heavy atom. The molecule has 1 aromatic carbocycles. The number of ketones is 1. The Bertz CT molecular complexity index is 1110. The maximum absolute atomic E-state index is 13.8. The van der Waals surface area contributed by atoms with Crippen molar-refractivity contribution in [3.8, 4) is 0 Å². The molecule has 0 spiro atoms. The van der Waals surface area contributed by atoms with Crippen molar-refractivity contribution in [2.75, 3.05) is 18.8 Å². The number of nitrogens with zero attached hydrogens (tertiary/aromatic N) is 1. The molecule has 0 aromatic heterocycles. The SMILES string of the molecule is C[C@@H]1CC([C@H](c2ccc(Cl)cc2)[C@H](N)C(=O)C[C@H]2CCC[C@@H]2CC[C@H]2CN[C@@H]3CCCS(=O)(=O)N2C3)C[C@H](C)O1. The lowest BCUT2D eigenvalue weighted by Gasteiger charge is -2.39. The van der Waals surface area contributed by atoms with Crippen molar-refractivity contribution in [3.63, 3.8) is 0 Å². The summed E-state index contributed by atoms with van der Waals surface area (Å²) in [6.45, 7) is 5.55. The van der Waals surface area contributed by atoms with Crippen LogP contribution in [0, 0.1) is 17.8 Å². The Labute approximate surface area is 246 Å². The summed E-state index contributed by atoms with van der Waals surface area (Å²) in [5.41, 5.74) is 7.95. The molecule has 224 valence electrons. The number of hydrogen-bond acceptors (Lipinski definition) is 6. The van der Waals surface area contributed by atoms with Gasteiger partial charge in [-0.1, -0.05) is 36.6 Å². The summed E-state index contributed by atoms with van der Waals surface area (Å²) >= 11 is 6.20.